The molecule has 1 atom stereocenters. The number of rotatable bonds is 6. The van der Waals surface area contributed by atoms with Crippen molar-refractivity contribution >= 4 is 23.3 Å². The normalized spacial score (nSPS) is 16.0. The van der Waals surface area contributed by atoms with Gasteiger partial charge in [0.2, 0.25) is 5.91 Å². The van der Waals surface area contributed by atoms with Gasteiger partial charge < -0.3 is 10.1 Å². The average molecular weight is 456 g/mol. The number of pyridine rings is 1. The second-order valence-electron chi connectivity index (χ2n) is 7.69. The molecule has 1 saturated heterocycles. The van der Waals surface area contributed by atoms with Crippen molar-refractivity contribution in [2.45, 2.75) is 25.9 Å². The summed E-state index contributed by atoms with van der Waals surface area (Å²) in [6.07, 6.45) is 3.40. The van der Waals surface area contributed by atoms with Crippen LogP contribution in [0.2, 0.25) is 5.02 Å². The SMILES string of the molecule is Cc1cnnc(CC(=O)N(Cc2cc(F)cc(Cl)c2)c2ccc(C3COCCN3)cn2)c1. The van der Waals surface area contributed by atoms with Crippen molar-refractivity contribution in [2.24, 2.45) is 0 Å². The lowest BCUT2D eigenvalue weighted by Gasteiger charge is -2.25. The number of hydrogen-bond acceptors (Lipinski definition) is 6. The van der Waals surface area contributed by atoms with E-state index in [0.717, 1.165) is 17.7 Å². The van der Waals surface area contributed by atoms with Gasteiger partial charge in [0.1, 0.15) is 11.6 Å². The van der Waals surface area contributed by atoms with E-state index < -0.39 is 5.82 Å². The number of ether oxygens (including phenoxy) is 1. The van der Waals surface area contributed by atoms with E-state index >= 15 is 0 Å². The zero-order valence-electron chi connectivity index (χ0n) is 17.6. The van der Waals surface area contributed by atoms with Crippen molar-refractivity contribution in [1.29, 1.82) is 0 Å². The van der Waals surface area contributed by atoms with E-state index in [0.29, 0.717) is 30.3 Å². The molecule has 2 aromatic heterocycles. The van der Waals surface area contributed by atoms with Gasteiger partial charge in [0, 0.05) is 17.8 Å². The number of hydrogen-bond donors (Lipinski definition) is 1. The molecular formula is C23H23ClFN5O2. The van der Waals surface area contributed by atoms with Crippen LogP contribution in [0.4, 0.5) is 10.2 Å². The summed E-state index contributed by atoms with van der Waals surface area (Å²) in [5, 5.41) is 11.6. The molecule has 3 heterocycles. The zero-order valence-corrected chi connectivity index (χ0v) is 18.3. The second-order valence-corrected chi connectivity index (χ2v) is 8.13. The summed E-state index contributed by atoms with van der Waals surface area (Å²) < 4.78 is 19.4. The van der Waals surface area contributed by atoms with Crippen LogP contribution in [0.25, 0.3) is 0 Å². The van der Waals surface area contributed by atoms with Crippen LogP contribution in [-0.4, -0.2) is 40.8 Å². The largest absolute Gasteiger partial charge is 0.378 e. The third-order valence-electron chi connectivity index (χ3n) is 5.11. The number of nitrogens with one attached hydrogen (secondary N) is 1. The predicted molar refractivity (Wildman–Crippen MR) is 119 cm³/mol. The van der Waals surface area contributed by atoms with E-state index in [1.54, 1.807) is 24.5 Å². The van der Waals surface area contributed by atoms with Gasteiger partial charge in [-0.1, -0.05) is 17.7 Å². The molecule has 1 aliphatic rings. The topological polar surface area (TPSA) is 80.2 Å². The molecule has 0 radical (unpaired) electrons. The summed E-state index contributed by atoms with van der Waals surface area (Å²) >= 11 is 6.02. The average Bonchev–Trinajstić information content (AvgIpc) is 2.77. The van der Waals surface area contributed by atoms with Crippen molar-refractivity contribution in [3.8, 4) is 0 Å². The number of amides is 1. The molecule has 0 aliphatic carbocycles. The molecule has 4 rings (SSSR count). The highest BCUT2D eigenvalue weighted by Gasteiger charge is 2.21. The fraction of sp³-hybridized carbons (Fsp3) is 0.304. The Morgan fingerprint density at radius 3 is 2.84 bits per heavy atom. The smallest absolute Gasteiger partial charge is 0.234 e. The summed E-state index contributed by atoms with van der Waals surface area (Å²) in [5.41, 5.74) is 3.00. The summed E-state index contributed by atoms with van der Waals surface area (Å²) in [6, 6.07) is 9.79. The van der Waals surface area contributed by atoms with Gasteiger partial charge in [0.15, 0.2) is 0 Å². The Kier molecular flexibility index (Phi) is 7.04. The van der Waals surface area contributed by atoms with Crippen molar-refractivity contribution in [1.82, 2.24) is 20.5 Å². The van der Waals surface area contributed by atoms with Crippen LogP contribution >= 0.6 is 11.6 Å². The third-order valence-corrected chi connectivity index (χ3v) is 5.33. The standard InChI is InChI=1S/C23H23ClFN5O2/c1-15-6-20(29-28-11-15)10-23(31)30(13-16-7-18(24)9-19(25)8-16)22-3-2-17(12-27-22)21-14-32-5-4-26-21/h2-3,6-9,11-12,21,26H,4-5,10,13-14H2,1H3. The first-order valence-corrected chi connectivity index (χ1v) is 10.7. The lowest BCUT2D eigenvalue weighted by molar-refractivity contribution is -0.118. The number of carbonyl (C=O) groups is 1. The maximum Gasteiger partial charge on any atom is 0.234 e. The number of aryl methyl sites for hydroxylation is 1. The van der Waals surface area contributed by atoms with E-state index in [1.807, 2.05) is 19.1 Å². The molecule has 1 aromatic carbocycles. The summed E-state index contributed by atoms with van der Waals surface area (Å²) in [5.74, 6) is -0.239. The van der Waals surface area contributed by atoms with Crippen LogP contribution < -0.4 is 10.2 Å². The van der Waals surface area contributed by atoms with Crippen LogP contribution in [0.15, 0.2) is 48.8 Å². The Hall–Kier alpha value is -2.94. The molecule has 1 unspecified atom stereocenters. The minimum atomic E-state index is -0.462. The molecule has 32 heavy (non-hydrogen) atoms. The Morgan fingerprint density at radius 2 is 2.16 bits per heavy atom. The Bertz CT molecular complexity index is 1070. The maximum absolute atomic E-state index is 13.9. The highest BCUT2D eigenvalue weighted by atomic mass is 35.5. The zero-order chi connectivity index (χ0) is 22.5. The maximum atomic E-state index is 13.9. The molecule has 166 valence electrons. The molecule has 1 amide bonds. The van der Waals surface area contributed by atoms with Crippen LogP contribution in [0.1, 0.15) is 28.4 Å². The first-order valence-electron chi connectivity index (χ1n) is 10.3. The molecule has 0 bridgehead atoms. The highest BCUT2D eigenvalue weighted by molar-refractivity contribution is 6.30. The van der Waals surface area contributed by atoms with E-state index in [4.69, 9.17) is 16.3 Å². The number of aromatic nitrogens is 3. The van der Waals surface area contributed by atoms with Gasteiger partial charge in [-0.3, -0.25) is 9.69 Å². The fourth-order valence-corrected chi connectivity index (χ4v) is 3.83. The van der Waals surface area contributed by atoms with Crippen LogP contribution in [-0.2, 0) is 22.5 Å². The third kappa shape index (κ3) is 5.64. The molecule has 0 spiro atoms. The molecule has 1 fully saturated rings. The fourth-order valence-electron chi connectivity index (χ4n) is 3.58. The molecule has 9 heteroatoms. The van der Waals surface area contributed by atoms with Gasteiger partial charge in [-0.05, 0) is 53.9 Å². The first kappa shape index (κ1) is 22.3. The number of nitrogens with zero attached hydrogens (tertiary/aromatic N) is 4. The van der Waals surface area contributed by atoms with E-state index in [2.05, 4.69) is 20.5 Å². The minimum Gasteiger partial charge on any atom is -0.378 e. The summed E-state index contributed by atoms with van der Waals surface area (Å²) in [4.78, 5) is 19.3. The van der Waals surface area contributed by atoms with Crippen molar-refractivity contribution in [2.75, 3.05) is 24.7 Å². The molecule has 7 nitrogen and oxygen atoms in total. The molecule has 1 aliphatic heterocycles. The lowest BCUT2D eigenvalue weighted by Crippen LogP contribution is -2.35. The highest BCUT2D eigenvalue weighted by Crippen LogP contribution is 2.22. The Labute approximate surface area is 190 Å². The lowest BCUT2D eigenvalue weighted by atomic mass is 10.1. The number of benzene rings is 1. The number of anilines is 1. The van der Waals surface area contributed by atoms with Gasteiger partial charge in [0.25, 0.3) is 0 Å². The second kappa shape index (κ2) is 10.1. The van der Waals surface area contributed by atoms with Crippen LogP contribution in [0.3, 0.4) is 0 Å². The first-order chi connectivity index (χ1) is 15.5. The quantitative estimate of drug-likeness (QED) is 0.613. The van der Waals surface area contributed by atoms with E-state index in [1.165, 1.54) is 17.0 Å². The van der Waals surface area contributed by atoms with E-state index in [-0.39, 0.29) is 29.9 Å². The molecule has 3 aromatic rings. The van der Waals surface area contributed by atoms with Gasteiger partial charge in [-0.15, -0.1) is 0 Å². The summed E-state index contributed by atoms with van der Waals surface area (Å²) in [6.45, 7) is 4.03. The van der Waals surface area contributed by atoms with Gasteiger partial charge in [0.05, 0.1) is 44.1 Å². The van der Waals surface area contributed by atoms with Gasteiger partial charge in [-0.2, -0.15) is 10.2 Å². The van der Waals surface area contributed by atoms with E-state index in [9.17, 15) is 9.18 Å². The number of halogens is 2. The van der Waals surface area contributed by atoms with Crippen molar-refractivity contribution in [3.63, 3.8) is 0 Å². The Balaban J connectivity index is 1.60. The van der Waals surface area contributed by atoms with Gasteiger partial charge >= 0.3 is 0 Å². The summed E-state index contributed by atoms with van der Waals surface area (Å²) in [7, 11) is 0. The monoisotopic (exact) mass is 455 g/mol. The van der Waals surface area contributed by atoms with Crippen LogP contribution in [0.5, 0.6) is 0 Å². The number of carbonyl (C=O) groups excluding carboxylic acids is 1. The molecular weight excluding hydrogens is 433 g/mol. The molecule has 0 saturated carbocycles. The predicted octanol–water partition coefficient (Wildman–Crippen LogP) is 3.41. The van der Waals surface area contributed by atoms with Crippen molar-refractivity contribution in [3.05, 3.63) is 82.0 Å². The van der Waals surface area contributed by atoms with Crippen molar-refractivity contribution < 1.29 is 13.9 Å². The van der Waals surface area contributed by atoms with Gasteiger partial charge in [-0.25, -0.2) is 9.37 Å². The molecule has 1 N–H and O–H groups in total. The Morgan fingerprint density at radius 1 is 1.28 bits per heavy atom. The number of morpholine rings is 1. The van der Waals surface area contributed by atoms with Crippen LogP contribution in [0, 0.1) is 12.7 Å². The minimum absolute atomic E-state index is 0.0409.